The fraction of sp³-hybridized carbons (Fsp3) is 0.381. The van der Waals surface area contributed by atoms with Crippen molar-refractivity contribution in [2.45, 2.75) is 51.2 Å². The van der Waals surface area contributed by atoms with Gasteiger partial charge in [0.2, 0.25) is 0 Å². The molecule has 2 unspecified atom stereocenters. The Labute approximate surface area is 153 Å². The molecule has 2 heterocycles. The standard InChI is InChI=1S/C21H25N3S/c1-15-11-21(23-20-8-3-2-7-19(15)20)24(13-16-9-10-25-14-16)18-6-4-5-17(22)12-18/h2-3,7-11,14,17-18H,4-6,12-13,22H2,1H3. The molecule has 0 aliphatic heterocycles. The highest BCUT2D eigenvalue weighted by Crippen LogP contribution is 2.30. The first-order valence-corrected chi connectivity index (χ1v) is 10.0. The number of hydrogen-bond acceptors (Lipinski definition) is 4. The Bertz CT molecular complexity index is 843. The van der Waals surface area contributed by atoms with E-state index < -0.39 is 0 Å². The SMILES string of the molecule is Cc1cc(N(Cc2ccsc2)C2CCCC(N)C2)nc2ccccc12. The normalized spacial score (nSPS) is 20.7. The summed E-state index contributed by atoms with van der Waals surface area (Å²) in [7, 11) is 0. The van der Waals surface area contributed by atoms with Crippen LogP contribution in [0.5, 0.6) is 0 Å². The van der Waals surface area contributed by atoms with Gasteiger partial charge in [0.25, 0.3) is 0 Å². The maximum atomic E-state index is 6.29. The average molecular weight is 352 g/mol. The summed E-state index contributed by atoms with van der Waals surface area (Å²) in [6.07, 6.45) is 4.61. The van der Waals surface area contributed by atoms with Crippen molar-refractivity contribution in [2.75, 3.05) is 4.90 Å². The van der Waals surface area contributed by atoms with Crippen LogP contribution in [0, 0.1) is 6.92 Å². The maximum Gasteiger partial charge on any atom is 0.130 e. The first-order valence-electron chi connectivity index (χ1n) is 9.10. The van der Waals surface area contributed by atoms with Crippen molar-refractivity contribution in [3.8, 4) is 0 Å². The van der Waals surface area contributed by atoms with Crippen LogP contribution in [0.4, 0.5) is 5.82 Å². The Morgan fingerprint density at radius 2 is 2.12 bits per heavy atom. The molecule has 0 amide bonds. The van der Waals surface area contributed by atoms with E-state index in [0.29, 0.717) is 12.1 Å². The van der Waals surface area contributed by atoms with E-state index in [2.05, 4.69) is 59.0 Å². The van der Waals surface area contributed by atoms with Crippen LogP contribution in [0.3, 0.4) is 0 Å². The van der Waals surface area contributed by atoms with Gasteiger partial charge in [-0.05, 0) is 72.7 Å². The van der Waals surface area contributed by atoms with Gasteiger partial charge in [-0.15, -0.1) is 0 Å². The minimum atomic E-state index is 0.310. The van der Waals surface area contributed by atoms with E-state index in [1.54, 1.807) is 11.3 Å². The Kier molecular flexibility index (Phi) is 4.73. The largest absolute Gasteiger partial charge is 0.349 e. The number of thiophene rings is 1. The van der Waals surface area contributed by atoms with Gasteiger partial charge in [0.15, 0.2) is 0 Å². The monoisotopic (exact) mass is 351 g/mol. The number of nitrogens with zero attached hydrogens (tertiary/aromatic N) is 2. The van der Waals surface area contributed by atoms with E-state index >= 15 is 0 Å². The van der Waals surface area contributed by atoms with Crippen LogP contribution in [0.2, 0.25) is 0 Å². The summed E-state index contributed by atoms with van der Waals surface area (Å²) >= 11 is 1.76. The van der Waals surface area contributed by atoms with Crippen molar-refractivity contribution in [1.29, 1.82) is 0 Å². The number of para-hydroxylation sites is 1. The lowest BCUT2D eigenvalue weighted by molar-refractivity contribution is 0.370. The Morgan fingerprint density at radius 3 is 2.92 bits per heavy atom. The van der Waals surface area contributed by atoms with Crippen LogP contribution in [-0.4, -0.2) is 17.1 Å². The van der Waals surface area contributed by atoms with E-state index in [-0.39, 0.29) is 0 Å². The highest BCUT2D eigenvalue weighted by atomic mass is 32.1. The number of benzene rings is 1. The Hall–Kier alpha value is -1.91. The summed E-state index contributed by atoms with van der Waals surface area (Å²) in [6, 6.07) is 13.7. The minimum absolute atomic E-state index is 0.310. The van der Waals surface area contributed by atoms with E-state index in [1.807, 2.05) is 0 Å². The first kappa shape index (κ1) is 16.6. The van der Waals surface area contributed by atoms with Gasteiger partial charge in [-0.1, -0.05) is 18.2 Å². The van der Waals surface area contributed by atoms with Crippen molar-refractivity contribution >= 4 is 28.1 Å². The van der Waals surface area contributed by atoms with Crippen LogP contribution in [-0.2, 0) is 6.54 Å². The van der Waals surface area contributed by atoms with Crippen molar-refractivity contribution in [2.24, 2.45) is 5.73 Å². The van der Waals surface area contributed by atoms with Crippen molar-refractivity contribution in [3.63, 3.8) is 0 Å². The highest BCUT2D eigenvalue weighted by molar-refractivity contribution is 7.07. The molecule has 1 fully saturated rings. The van der Waals surface area contributed by atoms with Gasteiger partial charge < -0.3 is 10.6 Å². The molecule has 3 aromatic rings. The molecule has 1 aliphatic carbocycles. The molecule has 2 atom stereocenters. The summed E-state index contributed by atoms with van der Waals surface area (Å²) in [4.78, 5) is 7.49. The Morgan fingerprint density at radius 1 is 1.24 bits per heavy atom. The van der Waals surface area contributed by atoms with Crippen LogP contribution in [0.15, 0.2) is 47.2 Å². The molecular formula is C21H25N3S. The number of hydrogen-bond donors (Lipinski definition) is 1. The molecule has 1 aromatic carbocycles. The second kappa shape index (κ2) is 7.14. The van der Waals surface area contributed by atoms with E-state index in [4.69, 9.17) is 10.7 Å². The summed E-state index contributed by atoms with van der Waals surface area (Å²) in [6.45, 7) is 3.09. The lowest BCUT2D eigenvalue weighted by Gasteiger charge is -2.37. The predicted molar refractivity (Wildman–Crippen MR) is 107 cm³/mol. The van der Waals surface area contributed by atoms with Gasteiger partial charge in [-0.3, -0.25) is 0 Å². The first-order chi connectivity index (χ1) is 12.2. The van der Waals surface area contributed by atoms with E-state index in [1.165, 1.54) is 29.4 Å². The molecule has 3 nitrogen and oxygen atoms in total. The molecule has 1 saturated carbocycles. The summed E-state index contributed by atoms with van der Waals surface area (Å²) in [5.74, 6) is 1.08. The number of pyridine rings is 1. The summed E-state index contributed by atoms with van der Waals surface area (Å²) in [5, 5.41) is 5.63. The predicted octanol–water partition coefficient (Wildman–Crippen LogP) is 4.88. The fourth-order valence-corrected chi connectivity index (χ4v) is 4.60. The van der Waals surface area contributed by atoms with Crippen LogP contribution < -0.4 is 10.6 Å². The lowest BCUT2D eigenvalue weighted by atomic mass is 9.90. The van der Waals surface area contributed by atoms with Crippen molar-refractivity contribution < 1.29 is 0 Å². The maximum absolute atomic E-state index is 6.29. The highest BCUT2D eigenvalue weighted by Gasteiger charge is 2.26. The van der Waals surface area contributed by atoms with Gasteiger partial charge in [0.1, 0.15) is 5.82 Å². The number of aromatic nitrogens is 1. The number of fused-ring (bicyclic) bond motifs is 1. The second-order valence-electron chi connectivity index (χ2n) is 7.15. The van der Waals surface area contributed by atoms with Crippen molar-refractivity contribution in [3.05, 3.63) is 58.3 Å². The van der Waals surface area contributed by atoms with Crippen LogP contribution in [0.25, 0.3) is 10.9 Å². The Balaban J connectivity index is 1.74. The molecule has 25 heavy (non-hydrogen) atoms. The minimum Gasteiger partial charge on any atom is -0.349 e. The quantitative estimate of drug-likeness (QED) is 0.728. The van der Waals surface area contributed by atoms with Gasteiger partial charge in [0.05, 0.1) is 5.52 Å². The fourth-order valence-electron chi connectivity index (χ4n) is 3.94. The topological polar surface area (TPSA) is 42.1 Å². The smallest absolute Gasteiger partial charge is 0.130 e. The molecule has 4 rings (SSSR count). The third-order valence-electron chi connectivity index (χ3n) is 5.26. The molecular weight excluding hydrogens is 326 g/mol. The zero-order chi connectivity index (χ0) is 17.2. The zero-order valence-corrected chi connectivity index (χ0v) is 15.5. The number of nitrogens with two attached hydrogens (primary N) is 1. The molecule has 130 valence electrons. The van der Waals surface area contributed by atoms with Crippen molar-refractivity contribution in [1.82, 2.24) is 4.98 Å². The average Bonchev–Trinajstić information content (AvgIpc) is 3.13. The third kappa shape index (κ3) is 3.55. The summed E-state index contributed by atoms with van der Waals surface area (Å²) < 4.78 is 0. The third-order valence-corrected chi connectivity index (χ3v) is 6.00. The van der Waals surface area contributed by atoms with Crippen LogP contribution in [0.1, 0.15) is 36.8 Å². The lowest BCUT2D eigenvalue weighted by Crippen LogP contribution is -2.42. The molecule has 0 saturated heterocycles. The number of anilines is 1. The van der Waals surface area contributed by atoms with E-state index in [9.17, 15) is 0 Å². The summed E-state index contributed by atoms with van der Waals surface area (Å²) in [5.41, 5.74) is 10.0. The van der Waals surface area contributed by atoms with Gasteiger partial charge in [-0.2, -0.15) is 11.3 Å². The molecule has 1 aliphatic rings. The van der Waals surface area contributed by atoms with Gasteiger partial charge >= 0.3 is 0 Å². The second-order valence-corrected chi connectivity index (χ2v) is 7.93. The van der Waals surface area contributed by atoms with E-state index in [0.717, 1.165) is 30.7 Å². The molecule has 2 N–H and O–H groups in total. The number of aryl methyl sites for hydroxylation is 1. The van der Waals surface area contributed by atoms with Crippen LogP contribution >= 0.6 is 11.3 Å². The van der Waals surface area contributed by atoms with Gasteiger partial charge in [-0.25, -0.2) is 4.98 Å². The number of rotatable bonds is 4. The molecule has 0 spiro atoms. The molecule has 4 heteroatoms. The van der Waals surface area contributed by atoms with Gasteiger partial charge in [0, 0.05) is 24.0 Å². The molecule has 2 aromatic heterocycles. The zero-order valence-electron chi connectivity index (χ0n) is 14.7. The molecule has 0 radical (unpaired) electrons. The molecule has 0 bridgehead atoms.